The van der Waals surface area contributed by atoms with E-state index >= 15 is 0 Å². The molecule has 1 saturated carbocycles. The monoisotopic (exact) mass is 253 g/mol. The Hall–Kier alpha value is -0.0800. The molecule has 1 aliphatic carbocycles. The third-order valence-electron chi connectivity index (χ3n) is 4.51. The van der Waals surface area contributed by atoms with Crippen LogP contribution in [0.4, 0.5) is 0 Å². The van der Waals surface area contributed by atoms with Crippen molar-refractivity contribution >= 4 is 0 Å². The molecule has 1 heterocycles. The van der Waals surface area contributed by atoms with E-state index < -0.39 is 0 Å². The van der Waals surface area contributed by atoms with Crippen LogP contribution in [-0.2, 0) is 4.74 Å². The van der Waals surface area contributed by atoms with E-state index in [0.717, 1.165) is 19.3 Å². The molecule has 2 rings (SSSR count). The lowest BCUT2D eigenvalue weighted by Crippen LogP contribution is -2.38. The Morgan fingerprint density at radius 2 is 1.17 bits per heavy atom. The molecule has 2 fully saturated rings. The maximum atomic E-state index is 5.47. The summed E-state index contributed by atoms with van der Waals surface area (Å²) in [6.45, 7) is 1.90. The topological polar surface area (TPSA) is 21.3 Å². The lowest BCUT2D eigenvalue weighted by Gasteiger charge is -2.23. The van der Waals surface area contributed by atoms with Crippen LogP contribution >= 0.6 is 0 Å². The lowest BCUT2D eigenvalue weighted by atomic mass is 9.97. The van der Waals surface area contributed by atoms with Gasteiger partial charge in [-0.15, -0.1) is 0 Å². The largest absolute Gasteiger partial charge is 0.380 e. The molecule has 1 aliphatic heterocycles. The lowest BCUT2D eigenvalue weighted by molar-refractivity contribution is 0.186. The van der Waals surface area contributed by atoms with Crippen LogP contribution in [0.25, 0.3) is 0 Å². The van der Waals surface area contributed by atoms with E-state index in [9.17, 15) is 0 Å². The van der Waals surface area contributed by atoms with Crippen molar-refractivity contribution in [3.63, 3.8) is 0 Å². The molecule has 0 aromatic heterocycles. The van der Waals surface area contributed by atoms with Gasteiger partial charge in [-0.1, -0.05) is 57.8 Å². The Balaban J connectivity index is 1.70. The molecule has 2 heteroatoms. The van der Waals surface area contributed by atoms with Gasteiger partial charge < -0.3 is 10.1 Å². The van der Waals surface area contributed by atoms with E-state index in [1.165, 1.54) is 77.0 Å². The van der Waals surface area contributed by atoms with Crippen LogP contribution < -0.4 is 5.32 Å². The van der Waals surface area contributed by atoms with Gasteiger partial charge in [0.1, 0.15) is 0 Å². The highest BCUT2D eigenvalue weighted by Gasteiger charge is 2.19. The Morgan fingerprint density at radius 1 is 0.611 bits per heavy atom. The molecule has 0 bridgehead atoms. The molecule has 2 nitrogen and oxygen atoms in total. The molecule has 106 valence electrons. The van der Waals surface area contributed by atoms with Crippen LogP contribution in [0.1, 0.15) is 77.0 Å². The molecule has 0 amide bonds. The zero-order valence-electron chi connectivity index (χ0n) is 12.0. The first-order valence-corrected chi connectivity index (χ1v) is 8.29. The molecule has 1 unspecified atom stereocenters. The summed E-state index contributed by atoms with van der Waals surface area (Å²) in [6.07, 6.45) is 17.0. The van der Waals surface area contributed by atoms with Crippen molar-refractivity contribution in [3.8, 4) is 0 Å². The third kappa shape index (κ3) is 5.71. The Morgan fingerprint density at radius 3 is 1.67 bits per heavy atom. The van der Waals surface area contributed by atoms with Crippen molar-refractivity contribution in [2.45, 2.75) is 89.1 Å². The Labute approximate surface area is 113 Å². The average Bonchev–Trinajstić information content (AvgIpc) is 2.85. The minimum Gasteiger partial charge on any atom is -0.380 e. The van der Waals surface area contributed by atoms with Gasteiger partial charge in [-0.05, 0) is 19.3 Å². The molecule has 0 spiro atoms. The highest BCUT2D eigenvalue weighted by Crippen LogP contribution is 2.18. The van der Waals surface area contributed by atoms with Crippen LogP contribution in [-0.4, -0.2) is 25.3 Å². The fourth-order valence-electron chi connectivity index (χ4n) is 3.33. The van der Waals surface area contributed by atoms with Crippen LogP contribution in [0.5, 0.6) is 0 Å². The van der Waals surface area contributed by atoms with E-state index in [2.05, 4.69) is 5.32 Å². The van der Waals surface area contributed by atoms with Gasteiger partial charge >= 0.3 is 0 Å². The summed E-state index contributed by atoms with van der Waals surface area (Å²) in [5.74, 6) is 0. The second-order valence-corrected chi connectivity index (χ2v) is 6.18. The van der Waals surface area contributed by atoms with Crippen molar-refractivity contribution in [1.29, 1.82) is 0 Å². The SMILES string of the molecule is C1CCCCCC(NC2CCOC2)CCCCC1. The first-order chi connectivity index (χ1) is 8.95. The zero-order valence-corrected chi connectivity index (χ0v) is 12.0. The van der Waals surface area contributed by atoms with E-state index in [4.69, 9.17) is 4.74 Å². The molecule has 0 aromatic rings. The molecule has 1 atom stereocenters. The number of ether oxygens (including phenoxy) is 1. The molecule has 18 heavy (non-hydrogen) atoms. The van der Waals surface area contributed by atoms with Crippen LogP contribution in [0.2, 0.25) is 0 Å². The van der Waals surface area contributed by atoms with E-state index in [0.29, 0.717) is 6.04 Å². The maximum absolute atomic E-state index is 5.47. The van der Waals surface area contributed by atoms with Gasteiger partial charge in [-0.2, -0.15) is 0 Å². The van der Waals surface area contributed by atoms with Crippen LogP contribution in [0.15, 0.2) is 0 Å². The zero-order chi connectivity index (χ0) is 12.5. The quantitative estimate of drug-likeness (QED) is 0.802. The van der Waals surface area contributed by atoms with Crippen molar-refractivity contribution in [2.75, 3.05) is 13.2 Å². The standard InChI is InChI=1S/C16H31NO/c1-2-4-6-8-10-15(11-9-7-5-3-1)17-16-12-13-18-14-16/h15-17H,1-14H2. The highest BCUT2D eigenvalue weighted by molar-refractivity contribution is 4.77. The summed E-state index contributed by atoms with van der Waals surface area (Å²) in [6, 6.07) is 1.40. The Bertz CT molecular complexity index is 189. The van der Waals surface area contributed by atoms with E-state index in [-0.39, 0.29) is 0 Å². The predicted molar refractivity (Wildman–Crippen MR) is 76.9 cm³/mol. The smallest absolute Gasteiger partial charge is 0.0620 e. The van der Waals surface area contributed by atoms with Gasteiger partial charge in [-0.3, -0.25) is 0 Å². The second kappa shape index (κ2) is 8.92. The van der Waals surface area contributed by atoms with Gasteiger partial charge in [-0.25, -0.2) is 0 Å². The minimum absolute atomic E-state index is 0.642. The summed E-state index contributed by atoms with van der Waals surface area (Å²) < 4.78 is 5.47. The molecule has 0 radical (unpaired) electrons. The number of hydrogen-bond donors (Lipinski definition) is 1. The fraction of sp³-hybridized carbons (Fsp3) is 1.00. The number of nitrogens with one attached hydrogen (secondary N) is 1. The van der Waals surface area contributed by atoms with Crippen molar-refractivity contribution in [1.82, 2.24) is 5.32 Å². The molecule has 1 N–H and O–H groups in total. The molecule has 0 aromatic carbocycles. The number of rotatable bonds is 2. The average molecular weight is 253 g/mol. The fourth-order valence-corrected chi connectivity index (χ4v) is 3.33. The van der Waals surface area contributed by atoms with Gasteiger partial charge in [0.2, 0.25) is 0 Å². The predicted octanol–water partition coefficient (Wildman–Crippen LogP) is 4.04. The summed E-state index contributed by atoms with van der Waals surface area (Å²) in [5.41, 5.74) is 0. The van der Waals surface area contributed by atoms with Crippen molar-refractivity contribution < 1.29 is 4.74 Å². The van der Waals surface area contributed by atoms with Crippen molar-refractivity contribution in [3.05, 3.63) is 0 Å². The Kier molecular flexibility index (Phi) is 7.11. The van der Waals surface area contributed by atoms with Gasteiger partial charge in [0, 0.05) is 18.7 Å². The normalized spacial score (nSPS) is 29.7. The number of hydrogen-bond acceptors (Lipinski definition) is 2. The summed E-state index contributed by atoms with van der Waals surface area (Å²) in [7, 11) is 0. The highest BCUT2D eigenvalue weighted by atomic mass is 16.5. The minimum atomic E-state index is 0.642. The van der Waals surface area contributed by atoms with E-state index in [1.54, 1.807) is 0 Å². The van der Waals surface area contributed by atoms with Gasteiger partial charge in [0.05, 0.1) is 6.61 Å². The summed E-state index contributed by atoms with van der Waals surface area (Å²) >= 11 is 0. The van der Waals surface area contributed by atoms with Gasteiger partial charge in [0.25, 0.3) is 0 Å². The molecular formula is C16H31NO. The molecule has 1 saturated heterocycles. The molecular weight excluding hydrogens is 222 g/mol. The first-order valence-electron chi connectivity index (χ1n) is 8.29. The van der Waals surface area contributed by atoms with E-state index in [1.807, 2.05) is 0 Å². The summed E-state index contributed by atoms with van der Waals surface area (Å²) in [5, 5.41) is 3.84. The first kappa shape index (κ1) is 14.3. The third-order valence-corrected chi connectivity index (χ3v) is 4.51. The summed E-state index contributed by atoms with van der Waals surface area (Å²) in [4.78, 5) is 0. The van der Waals surface area contributed by atoms with Crippen molar-refractivity contribution in [2.24, 2.45) is 0 Å². The van der Waals surface area contributed by atoms with Crippen LogP contribution in [0.3, 0.4) is 0 Å². The maximum Gasteiger partial charge on any atom is 0.0620 e. The van der Waals surface area contributed by atoms with Gasteiger partial charge in [0.15, 0.2) is 0 Å². The molecule has 2 aliphatic rings. The second-order valence-electron chi connectivity index (χ2n) is 6.18. The van der Waals surface area contributed by atoms with Crippen LogP contribution in [0, 0.1) is 0 Å².